The van der Waals surface area contributed by atoms with E-state index in [4.69, 9.17) is 4.74 Å². The van der Waals surface area contributed by atoms with Crippen LogP contribution in [-0.4, -0.2) is 31.4 Å². The Balaban J connectivity index is 3.47. The Morgan fingerprint density at radius 3 is 1.80 bits per heavy atom. The molecular formula is C26H51NO3. The Labute approximate surface area is 187 Å². The lowest BCUT2D eigenvalue weighted by Crippen LogP contribution is -2.32. The van der Waals surface area contributed by atoms with Crippen molar-refractivity contribution in [1.82, 2.24) is 5.32 Å². The standard InChI is InChI=1S/C26H51NO3/c1-4-30-26(29)20-19-25(23-24(2)3)27-21-17-15-13-11-9-7-5-6-8-10-12-14-16-18-22-28/h22,24-25,27H,4-21,23H2,1-3H3/t25-/m1/s1. The van der Waals surface area contributed by atoms with E-state index in [1.165, 1.54) is 77.0 Å². The number of hydrogen-bond donors (Lipinski definition) is 1. The maximum atomic E-state index is 11.6. The molecule has 0 amide bonds. The smallest absolute Gasteiger partial charge is 0.305 e. The van der Waals surface area contributed by atoms with E-state index in [0.717, 1.165) is 38.5 Å². The van der Waals surface area contributed by atoms with Crippen LogP contribution in [0.25, 0.3) is 0 Å². The van der Waals surface area contributed by atoms with Gasteiger partial charge in [-0.25, -0.2) is 0 Å². The zero-order valence-corrected chi connectivity index (χ0v) is 20.4. The highest BCUT2D eigenvalue weighted by atomic mass is 16.5. The maximum absolute atomic E-state index is 11.6. The van der Waals surface area contributed by atoms with Crippen LogP contribution in [-0.2, 0) is 14.3 Å². The lowest BCUT2D eigenvalue weighted by atomic mass is 9.99. The van der Waals surface area contributed by atoms with Crippen LogP contribution < -0.4 is 5.32 Å². The molecular weight excluding hydrogens is 374 g/mol. The maximum Gasteiger partial charge on any atom is 0.305 e. The number of carbonyl (C=O) groups excluding carboxylic acids is 2. The van der Waals surface area contributed by atoms with Crippen LogP contribution in [0.3, 0.4) is 0 Å². The first kappa shape index (κ1) is 29.1. The second-order valence-electron chi connectivity index (χ2n) is 9.18. The summed E-state index contributed by atoms with van der Waals surface area (Å²) in [5.41, 5.74) is 0. The van der Waals surface area contributed by atoms with Crippen molar-refractivity contribution in [2.45, 2.75) is 136 Å². The van der Waals surface area contributed by atoms with Gasteiger partial charge in [-0.05, 0) is 45.1 Å². The number of aldehydes is 1. The molecule has 0 unspecified atom stereocenters. The number of rotatable bonds is 23. The van der Waals surface area contributed by atoms with E-state index in [2.05, 4.69) is 19.2 Å². The number of carbonyl (C=O) groups is 2. The third kappa shape index (κ3) is 21.8. The fourth-order valence-electron chi connectivity index (χ4n) is 4.00. The summed E-state index contributed by atoms with van der Waals surface area (Å²) in [4.78, 5) is 21.8. The number of unbranched alkanes of at least 4 members (excludes halogenated alkanes) is 13. The Morgan fingerprint density at radius 2 is 1.33 bits per heavy atom. The normalized spacial score (nSPS) is 12.3. The van der Waals surface area contributed by atoms with Gasteiger partial charge in [-0.15, -0.1) is 0 Å². The van der Waals surface area contributed by atoms with Gasteiger partial charge in [0.25, 0.3) is 0 Å². The SMILES string of the molecule is CCOC(=O)CC[C@H](CC(C)C)NCCCCCCCCCCCCCCCC=O. The summed E-state index contributed by atoms with van der Waals surface area (Å²) in [6.45, 7) is 7.89. The van der Waals surface area contributed by atoms with E-state index in [1.807, 2.05) is 6.92 Å². The van der Waals surface area contributed by atoms with Crippen molar-refractivity contribution < 1.29 is 14.3 Å². The summed E-state index contributed by atoms with van der Waals surface area (Å²) >= 11 is 0. The number of nitrogens with one attached hydrogen (secondary N) is 1. The summed E-state index contributed by atoms with van der Waals surface area (Å²) in [5.74, 6) is 0.579. The van der Waals surface area contributed by atoms with Crippen molar-refractivity contribution in [2.75, 3.05) is 13.2 Å². The second-order valence-corrected chi connectivity index (χ2v) is 9.18. The number of esters is 1. The molecule has 178 valence electrons. The molecule has 0 bridgehead atoms. The van der Waals surface area contributed by atoms with E-state index >= 15 is 0 Å². The zero-order chi connectivity index (χ0) is 22.3. The summed E-state index contributed by atoms with van der Waals surface area (Å²) in [6.07, 6.45) is 21.4. The predicted octanol–water partition coefficient (Wildman–Crippen LogP) is 6.99. The highest BCUT2D eigenvalue weighted by Gasteiger charge is 2.13. The van der Waals surface area contributed by atoms with Crippen molar-refractivity contribution in [2.24, 2.45) is 5.92 Å². The van der Waals surface area contributed by atoms with Crippen LogP contribution in [0.15, 0.2) is 0 Å². The van der Waals surface area contributed by atoms with E-state index in [9.17, 15) is 9.59 Å². The van der Waals surface area contributed by atoms with Gasteiger partial charge in [0.1, 0.15) is 6.29 Å². The van der Waals surface area contributed by atoms with E-state index in [1.54, 1.807) is 0 Å². The lowest BCUT2D eigenvalue weighted by molar-refractivity contribution is -0.143. The van der Waals surface area contributed by atoms with Crippen molar-refractivity contribution in [3.63, 3.8) is 0 Å². The van der Waals surface area contributed by atoms with Gasteiger partial charge < -0.3 is 14.8 Å². The number of hydrogen-bond acceptors (Lipinski definition) is 4. The third-order valence-corrected chi connectivity index (χ3v) is 5.69. The highest BCUT2D eigenvalue weighted by molar-refractivity contribution is 5.69. The van der Waals surface area contributed by atoms with E-state index in [0.29, 0.717) is 25.0 Å². The molecule has 0 aliphatic heterocycles. The molecule has 0 aromatic rings. The largest absolute Gasteiger partial charge is 0.466 e. The molecule has 4 nitrogen and oxygen atoms in total. The highest BCUT2D eigenvalue weighted by Crippen LogP contribution is 2.14. The third-order valence-electron chi connectivity index (χ3n) is 5.69. The molecule has 30 heavy (non-hydrogen) atoms. The van der Waals surface area contributed by atoms with Gasteiger partial charge in [0, 0.05) is 18.9 Å². The Morgan fingerprint density at radius 1 is 0.833 bits per heavy atom. The topological polar surface area (TPSA) is 55.4 Å². The summed E-state index contributed by atoms with van der Waals surface area (Å²) in [6, 6.07) is 0.430. The Hall–Kier alpha value is -0.900. The molecule has 0 aliphatic carbocycles. The van der Waals surface area contributed by atoms with Crippen LogP contribution in [0.2, 0.25) is 0 Å². The first-order chi connectivity index (χ1) is 14.6. The quantitative estimate of drug-likeness (QED) is 0.109. The van der Waals surface area contributed by atoms with Gasteiger partial charge in [0.15, 0.2) is 0 Å². The fraction of sp³-hybridized carbons (Fsp3) is 0.923. The van der Waals surface area contributed by atoms with Crippen molar-refractivity contribution in [1.29, 1.82) is 0 Å². The van der Waals surface area contributed by atoms with Crippen LogP contribution >= 0.6 is 0 Å². The summed E-state index contributed by atoms with van der Waals surface area (Å²) < 4.78 is 5.05. The first-order valence-corrected chi connectivity index (χ1v) is 12.9. The Bertz CT molecular complexity index is 384. The molecule has 0 aromatic carbocycles. The minimum atomic E-state index is -0.0670. The van der Waals surface area contributed by atoms with E-state index < -0.39 is 0 Å². The molecule has 0 saturated carbocycles. The van der Waals surface area contributed by atoms with Crippen LogP contribution in [0.1, 0.15) is 130 Å². The zero-order valence-electron chi connectivity index (χ0n) is 20.4. The van der Waals surface area contributed by atoms with Gasteiger partial charge >= 0.3 is 5.97 Å². The van der Waals surface area contributed by atoms with Crippen LogP contribution in [0, 0.1) is 5.92 Å². The summed E-state index contributed by atoms with van der Waals surface area (Å²) in [5, 5.41) is 3.67. The second kappa shape index (κ2) is 22.8. The minimum Gasteiger partial charge on any atom is -0.466 e. The van der Waals surface area contributed by atoms with E-state index in [-0.39, 0.29) is 5.97 Å². The lowest BCUT2D eigenvalue weighted by Gasteiger charge is -2.20. The molecule has 0 rings (SSSR count). The number of ether oxygens (including phenoxy) is 1. The van der Waals surface area contributed by atoms with Crippen molar-refractivity contribution in [3.8, 4) is 0 Å². The molecule has 0 radical (unpaired) electrons. The van der Waals surface area contributed by atoms with Crippen LogP contribution in [0.4, 0.5) is 0 Å². The van der Waals surface area contributed by atoms with Gasteiger partial charge in [0.2, 0.25) is 0 Å². The predicted molar refractivity (Wildman–Crippen MR) is 128 cm³/mol. The van der Waals surface area contributed by atoms with Gasteiger partial charge in [0.05, 0.1) is 6.61 Å². The van der Waals surface area contributed by atoms with Crippen LogP contribution in [0.5, 0.6) is 0 Å². The molecule has 0 saturated heterocycles. The molecule has 1 atom stereocenters. The monoisotopic (exact) mass is 425 g/mol. The minimum absolute atomic E-state index is 0.0670. The fourth-order valence-corrected chi connectivity index (χ4v) is 4.00. The molecule has 0 aromatic heterocycles. The molecule has 0 spiro atoms. The molecule has 4 heteroatoms. The molecule has 0 heterocycles. The molecule has 1 N–H and O–H groups in total. The molecule has 0 fully saturated rings. The average Bonchev–Trinajstić information content (AvgIpc) is 2.71. The van der Waals surface area contributed by atoms with Crippen molar-refractivity contribution >= 4 is 12.3 Å². The average molecular weight is 426 g/mol. The van der Waals surface area contributed by atoms with Gasteiger partial charge in [-0.2, -0.15) is 0 Å². The molecule has 0 aliphatic rings. The Kier molecular flexibility index (Phi) is 22.1. The first-order valence-electron chi connectivity index (χ1n) is 12.9. The van der Waals surface area contributed by atoms with Gasteiger partial charge in [-0.1, -0.05) is 84.5 Å². The van der Waals surface area contributed by atoms with Crippen molar-refractivity contribution in [3.05, 3.63) is 0 Å². The summed E-state index contributed by atoms with van der Waals surface area (Å²) in [7, 11) is 0. The van der Waals surface area contributed by atoms with Gasteiger partial charge in [-0.3, -0.25) is 4.79 Å².